The summed E-state index contributed by atoms with van der Waals surface area (Å²) >= 11 is 0. The van der Waals surface area contributed by atoms with Gasteiger partial charge in [0.1, 0.15) is 6.17 Å². The standard InChI is InChI=1S/C20H30N2O.ClH/c1-5-6-14-22-19(16(3)17(4)20(22)23)21-15(2)12-13-18-10-8-7-9-11-18;/h7-11,15,19,21H,5-6,12-14H2,1-4H3;1H. The number of hydrogen-bond donors (Lipinski definition) is 1. The number of nitrogens with zero attached hydrogens (tertiary/aromatic N) is 1. The third-order valence-electron chi connectivity index (χ3n) is 4.80. The van der Waals surface area contributed by atoms with Gasteiger partial charge in [0, 0.05) is 18.2 Å². The molecule has 4 heteroatoms. The van der Waals surface area contributed by atoms with Crippen molar-refractivity contribution >= 4 is 18.3 Å². The van der Waals surface area contributed by atoms with E-state index in [-0.39, 0.29) is 24.5 Å². The van der Waals surface area contributed by atoms with Crippen LogP contribution in [0.4, 0.5) is 0 Å². The minimum atomic E-state index is 0. The van der Waals surface area contributed by atoms with E-state index in [1.165, 1.54) is 11.1 Å². The Balaban J connectivity index is 0.00000288. The molecule has 1 aliphatic heterocycles. The van der Waals surface area contributed by atoms with E-state index in [4.69, 9.17) is 0 Å². The molecule has 1 aliphatic rings. The molecule has 0 radical (unpaired) electrons. The summed E-state index contributed by atoms with van der Waals surface area (Å²) < 4.78 is 0. The van der Waals surface area contributed by atoms with Crippen molar-refractivity contribution in [2.24, 2.45) is 0 Å². The summed E-state index contributed by atoms with van der Waals surface area (Å²) in [6.07, 6.45) is 4.37. The predicted octanol–water partition coefficient (Wildman–Crippen LogP) is 4.32. The second kappa shape index (κ2) is 9.85. The molecule has 0 bridgehead atoms. The zero-order chi connectivity index (χ0) is 16.8. The third-order valence-corrected chi connectivity index (χ3v) is 4.80. The number of carbonyl (C=O) groups is 1. The van der Waals surface area contributed by atoms with Gasteiger partial charge in [-0.2, -0.15) is 0 Å². The van der Waals surface area contributed by atoms with Gasteiger partial charge >= 0.3 is 0 Å². The van der Waals surface area contributed by atoms with Crippen molar-refractivity contribution in [3.8, 4) is 0 Å². The number of halogens is 1. The van der Waals surface area contributed by atoms with E-state index in [1.807, 2.05) is 11.8 Å². The highest BCUT2D eigenvalue weighted by atomic mass is 35.5. The van der Waals surface area contributed by atoms with Crippen molar-refractivity contribution in [1.29, 1.82) is 0 Å². The van der Waals surface area contributed by atoms with Gasteiger partial charge in [-0.3, -0.25) is 10.1 Å². The molecule has 0 spiro atoms. The van der Waals surface area contributed by atoms with Crippen molar-refractivity contribution in [3.05, 3.63) is 47.0 Å². The molecule has 24 heavy (non-hydrogen) atoms. The first kappa shape index (κ1) is 20.7. The van der Waals surface area contributed by atoms with Crippen LogP contribution >= 0.6 is 12.4 Å². The number of carbonyl (C=O) groups excluding carboxylic acids is 1. The number of benzene rings is 1. The van der Waals surface area contributed by atoms with Crippen LogP contribution in [0.1, 0.15) is 52.5 Å². The average Bonchev–Trinajstić information content (AvgIpc) is 2.76. The van der Waals surface area contributed by atoms with Crippen molar-refractivity contribution < 1.29 is 4.79 Å². The molecule has 1 N–H and O–H groups in total. The largest absolute Gasteiger partial charge is 0.319 e. The van der Waals surface area contributed by atoms with Crippen LogP contribution in [0.15, 0.2) is 41.5 Å². The first-order chi connectivity index (χ1) is 11.0. The van der Waals surface area contributed by atoms with Crippen LogP contribution < -0.4 is 5.32 Å². The van der Waals surface area contributed by atoms with E-state index in [0.717, 1.165) is 37.8 Å². The Kier molecular flexibility index (Phi) is 8.51. The second-order valence-electron chi connectivity index (χ2n) is 6.65. The van der Waals surface area contributed by atoms with Gasteiger partial charge in [0.2, 0.25) is 0 Å². The fourth-order valence-corrected chi connectivity index (χ4v) is 3.09. The van der Waals surface area contributed by atoms with Crippen LogP contribution in [0.5, 0.6) is 0 Å². The molecule has 2 atom stereocenters. The van der Waals surface area contributed by atoms with Gasteiger partial charge in [-0.05, 0) is 51.2 Å². The normalized spacial score (nSPS) is 18.8. The highest BCUT2D eigenvalue weighted by Crippen LogP contribution is 2.25. The Morgan fingerprint density at radius 1 is 1.21 bits per heavy atom. The van der Waals surface area contributed by atoms with Crippen LogP contribution in [0.25, 0.3) is 0 Å². The molecule has 1 aromatic rings. The topological polar surface area (TPSA) is 32.3 Å². The lowest BCUT2D eigenvalue weighted by Crippen LogP contribution is -2.48. The fraction of sp³-hybridized carbons (Fsp3) is 0.550. The van der Waals surface area contributed by atoms with Crippen LogP contribution in [0.3, 0.4) is 0 Å². The molecule has 1 amide bonds. The summed E-state index contributed by atoms with van der Waals surface area (Å²) in [5.41, 5.74) is 3.46. The first-order valence-electron chi connectivity index (χ1n) is 8.83. The molecule has 0 fully saturated rings. The van der Waals surface area contributed by atoms with Crippen LogP contribution in [-0.2, 0) is 11.2 Å². The van der Waals surface area contributed by atoms with Crippen LogP contribution in [0.2, 0.25) is 0 Å². The molecule has 1 aromatic carbocycles. The highest BCUT2D eigenvalue weighted by Gasteiger charge is 2.34. The van der Waals surface area contributed by atoms with Gasteiger partial charge in [0.25, 0.3) is 5.91 Å². The minimum Gasteiger partial charge on any atom is -0.319 e. The lowest BCUT2D eigenvalue weighted by Gasteiger charge is -2.30. The van der Waals surface area contributed by atoms with Gasteiger partial charge in [0.05, 0.1) is 0 Å². The molecule has 2 unspecified atom stereocenters. The maximum atomic E-state index is 12.4. The van der Waals surface area contributed by atoms with Crippen molar-refractivity contribution in [2.45, 2.75) is 65.6 Å². The molecule has 0 saturated heterocycles. The summed E-state index contributed by atoms with van der Waals surface area (Å²) in [7, 11) is 0. The van der Waals surface area contributed by atoms with E-state index in [0.29, 0.717) is 6.04 Å². The Bertz CT molecular complexity index is 556. The average molecular weight is 351 g/mol. The molecular formula is C20H31ClN2O. The fourth-order valence-electron chi connectivity index (χ4n) is 3.09. The molecule has 1 heterocycles. The molecule has 2 rings (SSSR count). The Hall–Kier alpha value is -1.32. The quantitative estimate of drug-likeness (QED) is 0.757. The molecule has 3 nitrogen and oxygen atoms in total. The lowest BCUT2D eigenvalue weighted by molar-refractivity contribution is -0.127. The smallest absolute Gasteiger partial charge is 0.251 e. The van der Waals surface area contributed by atoms with Crippen LogP contribution in [-0.4, -0.2) is 29.6 Å². The Morgan fingerprint density at radius 2 is 1.88 bits per heavy atom. The maximum Gasteiger partial charge on any atom is 0.251 e. The number of amides is 1. The van der Waals surface area contributed by atoms with Gasteiger partial charge in [-0.15, -0.1) is 12.4 Å². The molecule has 134 valence electrons. The Morgan fingerprint density at radius 3 is 2.50 bits per heavy atom. The monoisotopic (exact) mass is 350 g/mol. The zero-order valence-electron chi connectivity index (χ0n) is 15.3. The molecule has 0 aromatic heterocycles. The van der Waals surface area contributed by atoms with Crippen molar-refractivity contribution in [1.82, 2.24) is 10.2 Å². The van der Waals surface area contributed by atoms with Gasteiger partial charge in [0.15, 0.2) is 0 Å². The highest BCUT2D eigenvalue weighted by molar-refractivity contribution is 5.96. The summed E-state index contributed by atoms with van der Waals surface area (Å²) in [4.78, 5) is 14.4. The van der Waals surface area contributed by atoms with Gasteiger partial charge in [-0.1, -0.05) is 43.7 Å². The molecular weight excluding hydrogens is 320 g/mol. The second-order valence-corrected chi connectivity index (χ2v) is 6.65. The Labute approximate surface area is 152 Å². The molecule has 0 saturated carbocycles. The maximum absolute atomic E-state index is 12.4. The summed E-state index contributed by atoms with van der Waals surface area (Å²) in [5, 5.41) is 3.67. The predicted molar refractivity (Wildman–Crippen MR) is 103 cm³/mol. The summed E-state index contributed by atoms with van der Waals surface area (Å²) in [6.45, 7) is 9.26. The number of unbranched alkanes of at least 4 members (excludes halogenated alkanes) is 1. The van der Waals surface area contributed by atoms with Crippen molar-refractivity contribution in [3.63, 3.8) is 0 Å². The summed E-state index contributed by atoms with van der Waals surface area (Å²) in [5.74, 6) is 0.198. The lowest BCUT2D eigenvalue weighted by atomic mass is 10.1. The number of nitrogens with one attached hydrogen (secondary N) is 1. The van der Waals surface area contributed by atoms with E-state index >= 15 is 0 Å². The third kappa shape index (κ3) is 5.09. The van der Waals surface area contributed by atoms with Crippen LogP contribution in [0, 0.1) is 0 Å². The number of aryl methyl sites for hydroxylation is 1. The number of hydrogen-bond acceptors (Lipinski definition) is 2. The van der Waals surface area contributed by atoms with Gasteiger partial charge < -0.3 is 4.90 Å². The SMILES string of the molecule is CCCCN1C(=O)C(C)=C(C)C1NC(C)CCc1ccccc1.Cl. The van der Waals surface area contributed by atoms with E-state index < -0.39 is 0 Å². The zero-order valence-corrected chi connectivity index (χ0v) is 16.2. The minimum absolute atomic E-state index is 0. The molecule has 0 aliphatic carbocycles. The van der Waals surface area contributed by atoms with Gasteiger partial charge in [-0.25, -0.2) is 0 Å². The number of rotatable bonds is 8. The summed E-state index contributed by atoms with van der Waals surface area (Å²) in [6, 6.07) is 11.0. The van der Waals surface area contributed by atoms with E-state index in [1.54, 1.807) is 0 Å². The first-order valence-corrected chi connectivity index (χ1v) is 8.83. The van der Waals surface area contributed by atoms with E-state index in [2.05, 4.69) is 56.4 Å². The van der Waals surface area contributed by atoms with Crippen molar-refractivity contribution in [2.75, 3.05) is 6.54 Å². The van der Waals surface area contributed by atoms with E-state index in [9.17, 15) is 4.79 Å².